The molecule has 10 nitrogen and oxygen atoms in total. The minimum atomic E-state index is -4.49. The second-order valence-corrected chi connectivity index (χ2v) is 9.21. The van der Waals surface area contributed by atoms with E-state index in [1.165, 1.54) is 10.9 Å². The van der Waals surface area contributed by atoms with Crippen molar-refractivity contribution in [2.75, 3.05) is 55.5 Å². The zero-order valence-electron chi connectivity index (χ0n) is 20.8. The number of rotatable bonds is 6. The first kappa shape index (κ1) is 26.5. The van der Waals surface area contributed by atoms with Crippen LogP contribution in [-0.2, 0) is 10.9 Å². The summed E-state index contributed by atoms with van der Waals surface area (Å²) in [5.74, 6) is -0.000383. The van der Waals surface area contributed by atoms with Crippen molar-refractivity contribution >= 4 is 35.1 Å². The number of hydrogen-bond donors (Lipinski definition) is 2. The second-order valence-electron chi connectivity index (χ2n) is 8.85. The van der Waals surface area contributed by atoms with Crippen molar-refractivity contribution in [3.8, 4) is 17.5 Å². The Hall–Kier alpha value is -4.11. The van der Waals surface area contributed by atoms with Gasteiger partial charge in [0.2, 0.25) is 4.77 Å². The highest BCUT2D eigenvalue weighted by atomic mass is 32.1. The minimum absolute atomic E-state index is 0.105. The van der Waals surface area contributed by atoms with Crippen LogP contribution in [0.3, 0.4) is 0 Å². The number of benzene rings is 1. The molecule has 39 heavy (non-hydrogen) atoms. The van der Waals surface area contributed by atoms with Crippen LogP contribution in [0, 0.1) is 10.6 Å². The molecular formula is C24H23F4N9OS. The van der Waals surface area contributed by atoms with Gasteiger partial charge in [-0.15, -0.1) is 0 Å². The van der Waals surface area contributed by atoms with E-state index in [2.05, 4.69) is 30.4 Å². The van der Waals surface area contributed by atoms with Gasteiger partial charge in [0.15, 0.2) is 17.5 Å². The lowest BCUT2D eigenvalue weighted by Crippen LogP contribution is -2.37. The SMILES string of the molecule is CN(C)c1cc(Nc2ccc(-c3nc(=S)n(-c4ncc(F)c(N5CCOCC5)n4)[nH]3)nc2)cc(C(F)(F)F)c1. The lowest BCUT2D eigenvalue weighted by Gasteiger charge is -2.27. The number of hydrogen-bond acceptors (Lipinski definition) is 9. The molecule has 0 aliphatic carbocycles. The van der Waals surface area contributed by atoms with E-state index >= 15 is 0 Å². The number of halogens is 4. The summed E-state index contributed by atoms with van der Waals surface area (Å²) < 4.78 is 61.3. The van der Waals surface area contributed by atoms with Crippen LogP contribution in [0.2, 0.25) is 0 Å². The average Bonchev–Trinajstić information content (AvgIpc) is 3.30. The zero-order chi connectivity index (χ0) is 27.7. The summed E-state index contributed by atoms with van der Waals surface area (Å²) >= 11 is 5.35. The van der Waals surface area contributed by atoms with Gasteiger partial charge in [-0.1, -0.05) is 0 Å². The molecule has 1 aliphatic heterocycles. The quantitative estimate of drug-likeness (QED) is 0.259. The predicted molar refractivity (Wildman–Crippen MR) is 140 cm³/mol. The third-order valence-corrected chi connectivity index (χ3v) is 6.17. The van der Waals surface area contributed by atoms with Gasteiger partial charge in [-0.25, -0.2) is 9.37 Å². The van der Waals surface area contributed by atoms with Gasteiger partial charge < -0.3 is 19.9 Å². The van der Waals surface area contributed by atoms with Crippen LogP contribution in [0.25, 0.3) is 17.5 Å². The van der Waals surface area contributed by atoms with E-state index in [0.717, 1.165) is 18.3 Å². The molecule has 0 unspecified atom stereocenters. The molecule has 3 aromatic heterocycles. The van der Waals surface area contributed by atoms with Crippen molar-refractivity contribution in [3.05, 3.63) is 58.9 Å². The van der Waals surface area contributed by atoms with Crippen molar-refractivity contribution in [1.29, 1.82) is 0 Å². The molecule has 4 aromatic rings. The van der Waals surface area contributed by atoms with Crippen LogP contribution in [0.4, 0.5) is 40.4 Å². The molecule has 1 aromatic carbocycles. The Kier molecular flexibility index (Phi) is 7.18. The van der Waals surface area contributed by atoms with Crippen LogP contribution >= 0.6 is 12.2 Å². The summed E-state index contributed by atoms with van der Waals surface area (Å²) in [5, 5.41) is 5.93. The summed E-state index contributed by atoms with van der Waals surface area (Å²) in [4.78, 5) is 20.4. The van der Waals surface area contributed by atoms with E-state index in [1.54, 1.807) is 42.1 Å². The highest BCUT2D eigenvalue weighted by molar-refractivity contribution is 7.71. The van der Waals surface area contributed by atoms with Crippen molar-refractivity contribution in [2.45, 2.75) is 6.18 Å². The van der Waals surface area contributed by atoms with Crippen molar-refractivity contribution in [1.82, 2.24) is 29.7 Å². The number of nitrogens with zero attached hydrogens (tertiary/aromatic N) is 7. The van der Waals surface area contributed by atoms with Gasteiger partial charge in [-0.2, -0.15) is 27.8 Å². The van der Waals surface area contributed by atoms with Crippen LogP contribution in [0.15, 0.2) is 42.7 Å². The van der Waals surface area contributed by atoms with Crippen LogP contribution in [0.1, 0.15) is 5.56 Å². The standard InChI is InChI=1S/C24H23F4N9OS/c1-35(2)17-10-14(24(26,27)28)9-16(11-17)31-15-3-4-19(29-12-15)20-32-23(39)37(34-20)22-30-13-18(25)21(33-22)36-5-7-38-8-6-36/h3-4,9-13,31H,5-8H2,1-2H3,(H,32,34,39). The first-order valence-corrected chi connectivity index (χ1v) is 12.2. The summed E-state index contributed by atoms with van der Waals surface area (Å²) in [5.41, 5.74) is 0.779. The van der Waals surface area contributed by atoms with Crippen molar-refractivity contribution in [2.24, 2.45) is 0 Å². The third kappa shape index (κ3) is 5.83. The van der Waals surface area contributed by atoms with Crippen LogP contribution in [0.5, 0.6) is 0 Å². The molecule has 0 atom stereocenters. The smallest absolute Gasteiger partial charge is 0.378 e. The Morgan fingerprint density at radius 1 is 1.03 bits per heavy atom. The molecule has 1 saturated heterocycles. The molecule has 1 aliphatic rings. The van der Waals surface area contributed by atoms with E-state index in [1.807, 2.05) is 0 Å². The van der Waals surface area contributed by atoms with Crippen LogP contribution < -0.4 is 15.1 Å². The summed E-state index contributed by atoms with van der Waals surface area (Å²) in [6.07, 6.45) is -1.95. The fourth-order valence-electron chi connectivity index (χ4n) is 3.91. The lowest BCUT2D eigenvalue weighted by molar-refractivity contribution is -0.137. The first-order valence-electron chi connectivity index (χ1n) is 11.8. The van der Waals surface area contributed by atoms with E-state index in [9.17, 15) is 17.6 Å². The number of aromatic nitrogens is 6. The first-order chi connectivity index (χ1) is 18.6. The fourth-order valence-corrected chi connectivity index (χ4v) is 4.13. The largest absolute Gasteiger partial charge is 0.416 e. The van der Waals surface area contributed by atoms with Crippen molar-refractivity contribution < 1.29 is 22.3 Å². The van der Waals surface area contributed by atoms with E-state index in [-0.39, 0.29) is 22.2 Å². The molecule has 2 N–H and O–H groups in total. The molecule has 0 bridgehead atoms. The minimum Gasteiger partial charge on any atom is -0.378 e. The van der Waals surface area contributed by atoms with Gasteiger partial charge >= 0.3 is 6.18 Å². The average molecular weight is 562 g/mol. The Balaban J connectivity index is 1.38. The summed E-state index contributed by atoms with van der Waals surface area (Å²) in [7, 11) is 3.33. The van der Waals surface area contributed by atoms with E-state index in [4.69, 9.17) is 17.0 Å². The van der Waals surface area contributed by atoms with E-state index < -0.39 is 17.6 Å². The van der Waals surface area contributed by atoms with Gasteiger partial charge in [0.25, 0.3) is 5.95 Å². The number of ether oxygens (including phenoxy) is 1. The summed E-state index contributed by atoms with van der Waals surface area (Å²) in [6.45, 7) is 1.92. The number of pyridine rings is 1. The molecule has 0 amide bonds. The van der Waals surface area contributed by atoms with Gasteiger partial charge in [0.05, 0.1) is 36.9 Å². The molecule has 4 heterocycles. The molecule has 1 fully saturated rings. The number of alkyl halides is 3. The number of anilines is 4. The Bertz CT molecular complexity index is 1530. The molecule has 204 valence electrons. The molecule has 0 spiro atoms. The van der Waals surface area contributed by atoms with Gasteiger partial charge in [0, 0.05) is 38.6 Å². The Morgan fingerprint density at radius 2 is 1.79 bits per heavy atom. The molecular weight excluding hydrogens is 538 g/mol. The number of H-pyrrole nitrogens is 1. The zero-order valence-corrected chi connectivity index (χ0v) is 21.6. The normalized spacial score (nSPS) is 13.9. The number of aromatic amines is 1. The summed E-state index contributed by atoms with van der Waals surface area (Å²) in [6, 6.07) is 7.01. The second kappa shape index (κ2) is 10.6. The predicted octanol–water partition coefficient (Wildman–Crippen LogP) is 4.59. The Morgan fingerprint density at radius 3 is 2.46 bits per heavy atom. The number of nitrogens with one attached hydrogen (secondary N) is 2. The monoisotopic (exact) mass is 561 g/mol. The lowest BCUT2D eigenvalue weighted by atomic mass is 10.1. The molecule has 15 heteroatoms. The van der Waals surface area contributed by atoms with Gasteiger partial charge in [-0.3, -0.25) is 10.1 Å². The van der Waals surface area contributed by atoms with Gasteiger partial charge in [-0.05, 0) is 42.5 Å². The fraction of sp³-hybridized carbons (Fsp3) is 0.292. The van der Waals surface area contributed by atoms with Crippen molar-refractivity contribution in [3.63, 3.8) is 0 Å². The molecule has 0 radical (unpaired) electrons. The van der Waals surface area contributed by atoms with E-state index in [0.29, 0.717) is 49.2 Å². The Labute approximate surface area is 225 Å². The maximum Gasteiger partial charge on any atom is 0.416 e. The van der Waals surface area contributed by atoms with Gasteiger partial charge in [0.1, 0.15) is 5.69 Å². The third-order valence-electron chi connectivity index (χ3n) is 5.90. The highest BCUT2D eigenvalue weighted by Gasteiger charge is 2.31. The maximum atomic E-state index is 14.4. The number of morpholine rings is 1. The molecule has 0 saturated carbocycles. The maximum absolute atomic E-state index is 14.4. The van der Waals surface area contributed by atoms with Crippen LogP contribution in [-0.4, -0.2) is 70.1 Å². The molecule has 5 rings (SSSR count). The highest BCUT2D eigenvalue weighted by Crippen LogP contribution is 2.35. The topological polar surface area (TPSA) is 100 Å².